The molecule has 126 valence electrons. The Morgan fingerprint density at radius 2 is 1.96 bits per heavy atom. The molecule has 0 amide bonds. The van der Waals surface area contributed by atoms with Gasteiger partial charge in [0.2, 0.25) is 0 Å². The summed E-state index contributed by atoms with van der Waals surface area (Å²) in [6.45, 7) is 4.20. The van der Waals surface area contributed by atoms with Crippen LogP contribution in [0.25, 0.3) is 10.2 Å². The smallest absolute Gasteiger partial charge is 0.261 e. The molecule has 0 saturated heterocycles. The van der Waals surface area contributed by atoms with Crippen molar-refractivity contribution >= 4 is 42.4 Å². The van der Waals surface area contributed by atoms with Gasteiger partial charge in [0.25, 0.3) is 10.0 Å². The Hall–Kier alpha value is -2.32. The number of hydrogen-bond donors (Lipinski definition) is 2. The summed E-state index contributed by atoms with van der Waals surface area (Å²) in [6.07, 6.45) is 0. The number of nitrogens with two attached hydrogens (primary N) is 1. The summed E-state index contributed by atoms with van der Waals surface area (Å²) in [6, 6.07) is 9.99. The lowest BCUT2D eigenvalue weighted by atomic mass is 10.2. The van der Waals surface area contributed by atoms with Crippen LogP contribution in [0, 0.1) is 6.92 Å². The first-order valence-electron chi connectivity index (χ1n) is 7.31. The van der Waals surface area contributed by atoms with Gasteiger partial charge in [-0.3, -0.25) is 4.72 Å². The van der Waals surface area contributed by atoms with Gasteiger partial charge in [0.15, 0.2) is 5.13 Å². The molecule has 0 atom stereocenters. The topological polar surface area (TPSA) is 94.3 Å². The first-order valence-corrected chi connectivity index (χ1v) is 9.61. The van der Waals surface area contributed by atoms with E-state index in [9.17, 15) is 8.42 Å². The summed E-state index contributed by atoms with van der Waals surface area (Å²) in [5.74, 6) is 0.504. The minimum Gasteiger partial charge on any atom is -0.491 e. The first kappa shape index (κ1) is 16.5. The molecule has 0 spiro atoms. The maximum Gasteiger partial charge on any atom is 0.261 e. The molecule has 1 aromatic heterocycles. The van der Waals surface area contributed by atoms with Crippen LogP contribution in [0.4, 0.5) is 10.8 Å². The Bertz CT molecular complexity index is 980. The van der Waals surface area contributed by atoms with E-state index < -0.39 is 10.0 Å². The molecule has 2 aromatic carbocycles. The SMILES string of the molecule is CCOc1cc(NS(=O)(=O)c2ccc(C)cc2)cc2sc(N)nc12. The van der Waals surface area contributed by atoms with Crippen molar-refractivity contribution < 1.29 is 13.2 Å². The largest absolute Gasteiger partial charge is 0.491 e. The molecule has 0 aliphatic carbocycles. The second-order valence-electron chi connectivity index (χ2n) is 5.22. The van der Waals surface area contributed by atoms with E-state index >= 15 is 0 Å². The van der Waals surface area contributed by atoms with E-state index in [1.165, 1.54) is 11.3 Å². The molecule has 6 nitrogen and oxygen atoms in total. The number of nitrogens with zero attached hydrogens (tertiary/aromatic N) is 1. The summed E-state index contributed by atoms with van der Waals surface area (Å²) in [7, 11) is -3.68. The number of anilines is 2. The van der Waals surface area contributed by atoms with E-state index in [2.05, 4.69) is 9.71 Å². The molecule has 8 heteroatoms. The molecule has 3 aromatic rings. The standard InChI is InChI=1S/C16H17N3O3S2/c1-3-22-13-8-11(9-14-15(13)18-16(17)23-14)19-24(20,21)12-6-4-10(2)5-7-12/h4-9,19H,3H2,1-2H3,(H2,17,18). The van der Waals surface area contributed by atoms with E-state index in [0.29, 0.717) is 28.7 Å². The second-order valence-corrected chi connectivity index (χ2v) is 7.97. The van der Waals surface area contributed by atoms with Crippen molar-refractivity contribution in [3.8, 4) is 5.75 Å². The molecule has 0 unspecified atom stereocenters. The second kappa shape index (κ2) is 6.29. The summed E-state index contributed by atoms with van der Waals surface area (Å²) in [4.78, 5) is 4.43. The lowest BCUT2D eigenvalue weighted by Crippen LogP contribution is -2.13. The average molecular weight is 363 g/mol. The van der Waals surface area contributed by atoms with E-state index in [0.717, 1.165) is 10.3 Å². The highest BCUT2D eigenvalue weighted by Gasteiger charge is 2.17. The van der Waals surface area contributed by atoms with E-state index in [1.807, 2.05) is 13.8 Å². The molecule has 0 saturated carbocycles. The molecule has 3 N–H and O–H groups in total. The molecule has 1 heterocycles. The summed E-state index contributed by atoms with van der Waals surface area (Å²) in [5.41, 5.74) is 7.79. The minimum atomic E-state index is -3.68. The number of ether oxygens (including phenoxy) is 1. The number of sulfonamides is 1. The molecule has 3 rings (SSSR count). The van der Waals surface area contributed by atoms with Crippen LogP contribution in [-0.4, -0.2) is 20.0 Å². The minimum absolute atomic E-state index is 0.204. The zero-order chi connectivity index (χ0) is 17.3. The Morgan fingerprint density at radius 1 is 1.25 bits per heavy atom. The molecular weight excluding hydrogens is 346 g/mol. The fourth-order valence-electron chi connectivity index (χ4n) is 2.27. The van der Waals surface area contributed by atoms with E-state index in [4.69, 9.17) is 10.5 Å². The van der Waals surface area contributed by atoms with Gasteiger partial charge in [-0.05, 0) is 32.0 Å². The molecule has 0 fully saturated rings. The van der Waals surface area contributed by atoms with E-state index in [1.54, 1.807) is 36.4 Å². The predicted octanol–water partition coefficient (Wildman–Crippen LogP) is 3.39. The van der Waals surface area contributed by atoms with Gasteiger partial charge in [0.1, 0.15) is 11.3 Å². The molecular formula is C16H17N3O3S2. The van der Waals surface area contributed by atoms with Crippen molar-refractivity contribution in [1.29, 1.82) is 0 Å². The van der Waals surface area contributed by atoms with Crippen molar-refractivity contribution in [3.05, 3.63) is 42.0 Å². The number of hydrogen-bond acceptors (Lipinski definition) is 6. The Labute approximate surface area is 144 Å². The fourth-order valence-corrected chi connectivity index (χ4v) is 4.10. The van der Waals surface area contributed by atoms with Crippen LogP contribution in [0.5, 0.6) is 5.75 Å². The van der Waals surface area contributed by atoms with Gasteiger partial charge in [-0.1, -0.05) is 29.0 Å². The van der Waals surface area contributed by atoms with Crippen molar-refractivity contribution in [1.82, 2.24) is 4.98 Å². The van der Waals surface area contributed by atoms with Crippen LogP contribution in [-0.2, 0) is 10.0 Å². The average Bonchev–Trinajstić information content (AvgIpc) is 2.88. The van der Waals surface area contributed by atoms with Crippen LogP contribution >= 0.6 is 11.3 Å². The summed E-state index contributed by atoms with van der Waals surface area (Å²) in [5, 5.41) is 0.407. The van der Waals surface area contributed by atoms with Crippen LogP contribution in [0.15, 0.2) is 41.3 Å². The molecule has 0 aliphatic rings. The number of benzene rings is 2. The van der Waals surface area contributed by atoms with Crippen LogP contribution in [0.2, 0.25) is 0 Å². The van der Waals surface area contributed by atoms with Gasteiger partial charge in [0, 0.05) is 6.07 Å². The van der Waals surface area contributed by atoms with Crippen molar-refractivity contribution in [2.45, 2.75) is 18.7 Å². The number of thiazole rings is 1. The zero-order valence-electron chi connectivity index (χ0n) is 13.2. The highest BCUT2D eigenvalue weighted by molar-refractivity contribution is 7.92. The number of fused-ring (bicyclic) bond motifs is 1. The third-order valence-electron chi connectivity index (χ3n) is 3.36. The summed E-state index contributed by atoms with van der Waals surface area (Å²) >= 11 is 1.28. The first-order chi connectivity index (χ1) is 11.4. The predicted molar refractivity (Wildman–Crippen MR) is 97.2 cm³/mol. The normalized spacial score (nSPS) is 11.6. The van der Waals surface area contributed by atoms with Gasteiger partial charge in [0.05, 0.1) is 21.9 Å². The van der Waals surface area contributed by atoms with Gasteiger partial charge in [-0.2, -0.15) is 0 Å². The number of aryl methyl sites for hydroxylation is 1. The maximum atomic E-state index is 12.5. The Balaban J connectivity index is 2.01. The quantitative estimate of drug-likeness (QED) is 0.724. The van der Waals surface area contributed by atoms with Crippen molar-refractivity contribution in [2.24, 2.45) is 0 Å². The van der Waals surface area contributed by atoms with Gasteiger partial charge in [-0.15, -0.1) is 0 Å². The third-order valence-corrected chi connectivity index (χ3v) is 5.59. The summed E-state index contributed by atoms with van der Waals surface area (Å²) < 4.78 is 34.0. The fraction of sp³-hybridized carbons (Fsp3) is 0.188. The van der Waals surface area contributed by atoms with Crippen LogP contribution in [0.1, 0.15) is 12.5 Å². The van der Waals surface area contributed by atoms with Crippen LogP contribution < -0.4 is 15.2 Å². The number of nitrogen functional groups attached to an aromatic ring is 1. The maximum absolute atomic E-state index is 12.5. The van der Waals surface area contributed by atoms with Gasteiger partial charge >= 0.3 is 0 Å². The molecule has 0 radical (unpaired) electrons. The van der Waals surface area contributed by atoms with Crippen LogP contribution in [0.3, 0.4) is 0 Å². The number of rotatable bonds is 5. The van der Waals surface area contributed by atoms with Gasteiger partial charge < -0.3 is 10.5 Å². The lowest BCUT2D eigenvalue weighted by Gasteiger charge is -2.11. The van der Waals surface area contributed by atoms with Crippen molar-refractivity contribution in [3.63, 3.8) is 0 Å². The molecule has 24 heavy (non-hydrogen) atoms. The van der Waals surface area contributed by atoms with E-state index in [-0.39, 0.29) is 4.90 Å². The highest BCUT2D eigenvalue weighted by Crippen LogP contribution is 2.35. The molecule has 0 bridgehead atoms. The monoisotopic (exact) mass is 363 g/mol. The lowest BCUT2D eigenvalue weighted by molar-refractivity contribution is 0.344. The van der Waals surface area contributed by atoms with Gasteiger partial charge in [-0.25, -0.2) is 13.4 Å². The van der Waals surface area contributed by atoms with Crippen molar-refractivity contribution in [2.75, 3.05) is 17.1 Å². The number of nitrogens with one attached hydrogen (secondary N) is 1. The Morgan fingerprint density at radius 3 is 2.62 bits per heavy atom. The highest BCUT2D eigenvalue weighted by atomic mass is 32.2. The molecule has 0 aliphatic heterocycles. The third kappa shape index (κ3) is 3.29. The number of aromatic nitrogens is 1. The Kier molecular flexibility index (Phi) is 4.33. The zero-order valence-corrected chi connectivity index (χ0v) is 14.9.